The van der Waals surface area contributed by atoms with Crippen molar-refractivity contribution >= 4 is 11.9 Å². The number of likely N-dealkylation sites (tertiary alicyclic amines) is 1. The summed E-state index contributed by atoms with van der Waals surface area (Å²) in [7, 11) is 0. The summed E-state index contributed by atoms with van der Waals surface area (Å²) in [5.74, 6) is -0.500. The number of carboxylic acid groups (broad SMARTS) is 1. The van der Waals surface area contributed by atoms with Gasteiger partial charge in [0.2, 0.25) is 5.91 Å². The summed E-state index contributed by atoms with van der Waals surface area (Å²) in [6.07, 6.45) is 2.13. The molecule has 8 nitrogen and oxygen atoms in total. The summed E-state index contributed by atoms with van der Waals surface area (Å²) >= 11 is 0. The fourth-order valence-corrected chi connectivity index (χ4v) is 2.19. The van der Waals surface area contributed by atoms with Crippen LogP contribution >= 0.6 is 0 Å². The molecule has 1 aliphatic heterocycles. The minimum Gasteiger partial charge on any atom is -0.480 e. The molecule has 0 saturated carbocycles. The molecule has 1 atom stereocenters. The molecule has 1 unspecified atom stereocenters. The molecule has 8 heteroatoms. The van der Waals surface area contributed by atoms with Gasteiger partial charge in [0.05, 0.1) is 0 Å². The number of carbonyl (C=O) groups is 2. The zero-order valence-electron chi connectivity index (χ0n) is 11.2. The molecule has 0 radical (unpaired) electrons. The minimum atomic E-state index is -0.967. The maximum atomic E-state index is 12.0. The Morgan fingerprint density at radius 3 is 2.95 bits per heavy atom. The van der Waals surface area contributed by atoms with Gasteiger partial charge < -0.3 is 19.3 Å². The molecule has 1 aromatic rings. The van der Waals surface area contributed by atoms with Crippen LogP contribution in [-0.2, 0) is 20.9 Å². The number of carboxylic acids is 1. The quantitative estimate of drug-likeness (QED) is 0.831. The smallest absolute Gasteiger partial charge is 0.326 e. The Bertz CT molecular complexity index is 487. The van der Waals surface area contributed by atoms with Crippen molar-refractivity contribution in [1.82, 2.24) is 15.0 Å². The van der Waals surface area contributed by atoms with Gasteiger partial charge in [-0.05, 0) is 26.2 Å². The van der Waals surface area contributed by atoms with Crippen LogP contribution in [0.4, 0.5) is 0 Å². The van der Waals surface area contributed by atoms with E-state index in [2.05, 4.69) is 10.1 Å². The maximum absolute atomic E-state index is 12.0. The molecule has 0 bridgehead atoms. The Morgan fingerprint density at radius 1 is 1.50 bits per heavy atom. The Hall–Kier alpha value is -1.96. The van der Waals surface area contributed by atoms with Crippen LogP contribution in [0.15, 0.2) is 4.52 Å². The molecular weight excluding hydrogens is 266 g/mol. The predicted molar refractivity (Wildman–Crippen MR) is 65.7 cm³/mol. The van der Waals surface area contributed by atoms with E-state index in [1.807, 2.05) is 0 Å². The minimum absolute atomic E-state index is 0.0398. The third-order valence-electron chi connectivity index (χ3n) is 3.13. The molecular formula is C12H17N3O5. The monoisotopic (exact) mass is 283 g/mol. The normalized spacial score (nSPS) is 19.1. The number of hydrogen-bond acceptors (Lipinski definition) is 6. The molecule has 0 aliphatic carbocycles. The molecule has 1 N–H and O–H groups in total. The van der Waals surface area contributed by atoms with E-state index in [4.69, 9.17) is 14.4 Å². The fourth-order valence-electron chi connectivity index (χ4n) is 2.19. The van der Waals surface area contributed by atoms with Crippen LogP contribution in [-0.4, -0.2) is 51.2 Å². The lowest BCUT2D eigenvalue weighted by atomic mass is 10.0. The van der Waals surface area contributed by atoms with Gasteiger partial charge in [-0.25, -0.2) is 4.79 Å². The van der Waals surface area contributed by atoms with Crippen LogP contribution in [0.1, 0.15) is 31.0 Å². The first-order valence-electron chi connectivity index (χ1n) is 6.47. The highest BCUT2D eigenvalue weighted by atomic mass is 16.5. The first kappa shape index (κ1) is 14.4. The van der Waals surface area contributed by atoms with Gasteiger partial charge in [0, 0.05) is 6.54 Å². The summed E-state index contributed by atoms with van der Waals surface area (Å²) in [6, 6.07) is -0.745. The molecule has 1 saturated heterocycles. The average molecular weight is 283 g/mol. The zero-order valence-corrected chi connectivity index (χ0v) is 11.2. The van der Waals surface area contributed by atoms with E-state index in [-0.39, 0.29) is 19.1 Å². The highest BCUT2D eigenvalue weighted by Gasteiger charge is 2.31. The molecule has 20 heavy (non-hydrogen) atoms. The second kappa shape index (κ2) is 6.47. The first-order valence-corrected chi connectivity index (χ1v) is 6.47. The summed E-state index contributed by atoms with van der Waals surface area (Å²) in [5, 5.41) is 12.7. The standard InChI is InChI=1S/C12H17N3O5/c1-8-13-10(20-14-8)6-19-7-11(16)15-5-3-2-4-9(15)12(17)18/h9H,2-7H2,1H3,(H,17,18). The summed E-state index contributed by atoms with van der Waals surface area (Å²) in [6.45, 7) is 1.99. The van der Waals surface area contributed by atoms with Crippen molar-refractivity contribution in [3.05, 3.63) is 11.7 Å². The number of piperidine rings is 1. The fraction of sp³-hybridized carbons (Fsp3) is 0.667. The highest BCUT2D eigenvalue weighted by Crippen LogP contribution is 2.17. The van der Waals surface area contributed by atoms with Crippen molar-refractivity contribution in [1.29, 1.82) is 0 Å². The lowest BCUT2D eigenvalue weighted by molar-refractivity contribution is -0.154. The molecule has 1 aliphatic rings. The van der Waals surface area contributed by atoms with Crippen LogP contribution in [0.2, 0.25) is 0 Å². The van der Waals surface area contributed by atoms with Crippen molar-refractivity contribution in [2.45, 2.75) is 38.8 Å². The number of rotatable bonds is 5. The van der Waals surface area contributed by atoms with Gasteiger partial charge in [-0.3, -0.25) is 4.79 Å². The second-order valence-corrected chi connectivity index (χ2v) is 4.67. The number of aliphatic carboxylic acids is 1. The summed E-state index contributed by atoms with van der Waals surface area (Å²) in [4.78, 5) is 28.4. The van der Waals surface area contributed by atoms with Gasteiger partial charge in [-0.1, -0.05) is 5.16 Å². The molecule has 0 spiro atoms. The van der Waals surface area contributed by atoms with E-state index >= 15 is 0 Å². The van der Waals surface area contributed by atoms with E-state index in [9.17, 15) is 9.59 Å². The van der Waals surface area contributed by atoms with Gasteiger partial charge in [0.15, 0.2) is 5.82 Å². The second-order valence-electron chi connectivity index (χ2n) is 4.67. The van der Waals surface area contributed by atoms with Crippen molar-refractivity contribution in [3.63, 3.8) is 0 Å². The van der Waals surface area contributed by atoms with Crippen molar-refractivity contribution in [2.75, 3.05) is 13.2 Å². The number of aryl methyl sites for hydroxylation is 1. The van der Waals surface area contributed by atoms with Crippen LogP contribution in [0.5, 0.6) is 0 Å². The van der Waals surface area contributed by atoms with Crippen molar-refractivity contribution < 1.29 is 24.0 Å². The topological polar surface area (TPSA) is 106 Å². The molecule has 1 fully saturated rings. The molecule has 0 aromatic carbocycles. The Morgan fingerprint density at radius 2 is 2.30 bits per heavy atom. The Kier molecular flexibility index (Phi) is 4.67. The Balaban J connectivity index is 1.82. The predicted octanol–water partition coefficient (Wildman–Crippen LogP) is 0.360. The molecule has 1 aromatic heterocycles. The van der Waals surface area contributed by atoms with E-state index in [1.54, 1.807) is 6.92 Å². The summed E-state index contributed by atoms with van der Waals surface area (Å²) in [5.41, 5.74) is 0. The first-order chi connectivity index (χ1) is 9.58. The lowest BCUT2D eigenvalue weighted by Crippen LogP contribution is -2.49. The third-order valence-corrected chi connectivity index (χ3v) is 3.13. The lowest BCUT2D eigenvalue weighted by Gasteiger charge is -2.32. The number of hydrogen-bond donors (Lipinski definition) is 1. The number of nitrogens with zero attached hydrogens (tertiary/aromatic N) is 3. The molecule has 1 amide bonds. The maximum Gasteiger partial charge on any atom is 0.326 e. The van der Waals surface area contributed by atoms with E-state index < -0.39 is 12.0 Å². The average Bonchev–Trinajstić information content (AvgIpc) is 2.84. The van der Waals surface area contributed by atoms with Crippen molar-refractivity contribution in [3.8, 4) is 0 Å². The van der Waals surface area contributed by atoms with E-state index in [1.165, 1.54) is 4.90 Å². The number of ether oxygens (including phenoxy) is 1. The van der Waals surface area contributed by atoms with Gasteiger partial charge >= 0.3 is 5.97 Å². The SMILES string of the molecule is Cc1noc(COCC(=O)N2CCCCC2C(=O)O)n1. The number of aromatic nitrogens is 2. The third kappa shape index (κ3) is 3.53. The summed E-state index contributed by atoms with van der Waals surface area (Å²) < 4.78 is 10.0. The molecule has 110 valence electrons. The highest BCUT2D eigenvalue weighted by molar-refractivity contribution is 5.84. The van der Waals surface area contributed by atoms with Crippen LogP contribution < -0.4 is 0 Å². The van der Waals surface area contributed by atoms with Crippen LogP contribution in [0.25, 0.3) is 0 Å². The van der Waals surface area contributed by atoms with Gasteiger partial charge in [-0.2, -0.15) is 4.98 Å². The zero-order chi connectivity index (χ0) is 14.5. The van der Waals surface area contributed by atoms with E-state index in [0.29, 0.717) is 24.7 Å². The molecule has 2 rings (SSSR count). The molecule has 2 heterocycles. The van der Waals surface area contributed by atoms with Gasteiger partial charge in [-0.15, -0.1) is 0 Å². The Labute approximate surface area is 115 Å². The van der Waals surface area contributed by atoms with Crippen LogP contribution in [0.3, 0.4) is 0 Å². The largest absolute Gasteiger partial charge is 0.480 e. The van der Waals surface area contributed by atoms with Gasteiger partial charge in [0.25, 0.3) is 5.89 Å². The van der Waals surface area contributed by atoms with Crippen LogP contribution in [0, 0.1) is 6.92 Å². The number of carbonyl (C=O) groups excluding carboxylic acids is 1. The van der Waals surface area contributed by atoms with E-state index in [0.717, 1.165) is 12.8 Å². The number of amides is 1. The van der Waals surface area contributed by atoms with Crippen molar-refractivity contribution in [2.24, 2.45) is 0 Å². The van der Waals surface area contributed by atoms with Gasteiger partial charge in [0.1, 0.15) is 19.3 Å².